The first-order valence-electron chi connectivity index (χ1n) is 8.98. The summed E-state index contributed by atoms with van der Waals surface area (Å²) in [6.07, 6.45) is 2.40. The smallest absolute Gasteiger partial charge is 0.252 e. The Morgan fingerprint density at radius 3 is 2.54 bits per heavy atom. The maximum atomic E-state index is 13.1. The highest BCUT2D eigenvalue weighted by atomic mass is 16.5. The molecule has 28 heavy (non-hydrogen) atoms. The molecule has 0 spiro atoms. The summed E-state index contributed by atoms with van der Waals surface area (Å²) in [4.78, 5) is 31.1. The SMILES string of the molecule is CCCN1C(=O)C(NC(=O)c2ccncc2)C(O)c2c1ccc(OC)c2OC. The van der Waals surface area contributed by atoms with Crippen LogP contribution in [0.5, 0.6) is 11.5 Å². The van der Waals surface area contributed by atoms with Gasteiger partial charge in [0.2, 0.25) is 0 Å². The lowest BCUT2D eigenvalue weighted by Gasteiger charge is -2.38. The molecule has 1 aliphatic rings. The molecule has 148 valence electrons. The molecule has 1 aromatic heterocycles. The summed E-state index contributed by atoms with van der Waals surface area (Å²) in [7, 11) is 2.97. The fourth-order valence-electron chi connectivity index (χ4n) is 3.37. The largest absolute Gasteiger partial charge is 0.493 e. The zero-order valence-electron chi connectivity index (χ0n) is 16.0. The zero-order valence-corrected chi connectivity index (χ0v) is 16.0. The summed E-state index contributed by atoms with van der Waals surface area (Å²) >= 11 is 0. The lowest BCUT2D eigenvalue weighted by molar-refractivity contribution is -0.124. The van der Waals surface area contributed by atoms with E-state index in [0.717, 1.165) is 0 Å². The van der Waals surface area contributed by atoms with Gasteiger partial charge in [0.15, 0.2) is 11.5 Å². The van der Waals surface area contributed by atoms with Crippen LogP contribution in [0, 0.1) is 0 Å². The van der Waals surface area contributed by atoms with E-state index < -0.39 is 18.1 Å². The van der Waals surface area contributed by atoms with Crippen LogP contribution >= 0.6 is 0 Å². The third-order valence-corrected chi connectivity index (χ3v) is 4.67. The Morgan fingerprint density at radius 1 is 1.21 bits per heavy atom. The van der Waals surface area contributed by atoms with E-state index in [1.807, 2.05) is 6.92 Å². The molecule has 2 atom stereocenters. The fraction of sp³-hybridized carbons (Fsp3) is 0.350. The molecule has 0 radical (unpaired) electrons. The van der Waals surface area contributed by atoms with Gasteiger partial charge in [0.1, 0.15) is 12.1 Å². The number of aliphatic hydroxyl groups excluding tert-OH is 1. The van der Waals surface area contributed by atoms with Crippen LogP contribution in [-0.4, -0.2) is 48.7 Å². The molecule has 2 aromatic rings. The van der Waals surface area contributed by atoms with Gasteiger partial charge in [-0.1, -0.05) is 6.92 Å². The Balaban J connectivity index is 2.04. The summed E-state index contributed by atoms with van der Waals surface area (Å²) in [6, 6.07) is 5.33. The number of hydrogen-bond donors (Lipinski definition) is 2. The van der Waals surface area contributed by atoms with E-state index in [2.05, 4.69) is 10.3 Å². The van der Waals surface area contributed by atoms with Gasteiger partial charge in [-0.2, -0.15) is 0 Å². The number of carbonyl (C=O) groups is 2. The number of anilines is 1. The topological polar surface area (TPSA) is 101 Å². The first-order valence-corrected chi connectivity index (χ1v) is 8.98. The van der Waals surface area contributed by atoms with Crippen LogP contribution in [0.1, 0.15) is 35.4 Å². The number of aromatic nitrogens is 1. The third kappa shape index (κ3) is 3.38. The second kappa shape index (κ2) is 8.26. The monoisotopic (exact) mass is 385 g/mol. The summed E-state index contributed by atoms with van der Waals surface area (Å²) in [5.41, 5.74) is 1.31. The third-order valence-electron chi connectivity index (χ3n) is 4.67. The summed E-state index contributed by atoms with van der Waals surface area (Å²) in [6.45, 7) is 2.39. The zero-order chi connectivity index (χ0) is 20.3. The van der Waals surface area contributed by atoms with Gasteiger partial charge in [-0.15, -0.1) is 0 Å². The van der Waals surface area contributed by atoms with Crippen molar-refractivity contribution in [1.82, 2.24) is 10.3 Å². The van der Waals surface area contributed by atoms with Gasteiger partial charge < -0.3 is 24.8 Å². The first kappa shape index (κ1) is 19.6. The molecule has 3 rings (SSSR count). The molecule has 0 bridgehead atoms. The standard InChI is InChI=1S/C20H23N3O5/c1-4-11-23-13-5-6-14(27-2)18(28-3)15(13)17(24)16(20(23)26)22-19(25)12-7-9-21-10-8-12/h5-10,16-17,24H,4,11H2,1-3H3,(H,22,25). The van der Waals surface area contributed by atoms with E-state index >= 15 is 0 Å². The summed E-state index contributed by atoms with van der Waals surface area (Å²) < 4.78 is 10.8. The second-order valence-corrected chi connectivity index (χ2v) is 6.36. The first-order chi connectivity index (χ1) is 13.5. The molecule has 2 unspecified atom stereocenters. The molecule has 0 saturated carbocycles. The molecule has 8 heteroatoms. The van der Waals surface area contributed by atoms with Crippen LogP contribution in [0.2, 0.25) is 0 Å². The Bertz CT molecular complexity index is 872. The van der Waals surface area contributed by atoms with Gasteiger partial charge in [-0.3, -0.25) is 14.6 Å². The minimum Gasteiger partial charge on any atom is -0.493 e. The molecule has 1 aromatic carbocycles. The van der Waals surface area contributed by atoms with Crippen molar-refractivity contribution in [2.24, 2.45) is 0 Å². The van der Waals surface area contributed by atoms with Gasteiger partial charge in [0.25, 0.3) is 11.8 Å². The minimum absolute atomic E-state index is 0.337. The van der Waals surface area contributed by atoms with Crippen LogP contribution in [-0.2, 0) is 4.79 Å². The highest BCUT2D eigenvalue weighted by Gasteiger charge is 2.42. The number of methoxy groups -OCH3 is 2. The van der Waals surface area contributed by atoms with Crippen molar-refractivity contribution >= 4 is 17.5 Å². The normalized spacial score (nSPS) is 18.4. The average Bonchev–Trinajstić information content (AvgIpc) is 2.73. The Kier molecular flexibility index (Phi) is 5.79. The molecule has 2 amide bonds. The number of pyridine rings is 1. The van der Waals surface area contributed by atoms with Crippen LogP contribution in [0.25, 0.3) is 0 Å². The van der Waals surface area contributed by atoms with E-state index in [9.17, 15) is 14.7 Å². The van der Waals surface area contributed by atoms with Crippen molar-refractivity contribution < 1.29 is 24.2 Å². The highest BCUT2D eigenvalue weighted by Crippen LogP contribution is 2.45. The van der Waals surface area contributed by atoms with Crippen molar-refractivity contribution in [2.75, 3.05) is 25.7 Å². The maximum absolute atomic E-state index is 13.1. The second-order valence-electron chi connectivity index (χ2n) is 6.36. The molecule has 2 heterocycles. The van der Waals surface area contributed by atoms with Crippen molar-refractivity contribution in [3.8, 4) is 11.5 Å². The number of ether oxygens (including phenoxy) is 2. The van der Waals surface area contributed by atoms with E-state index in [1.165, 1.54) is 38.7 Å². The van der Waals surface area contributed by atoms with E-state index in [4.69, 9.17) is 9.47 Å². The number of rotatable bonds is 6. The van der Waals surface area contributed by atoms with Crippen molar-refractivity contribution in [3.63, 3.8) is 0 Å². The molecule has 1 aliphatic heterocycles. The summed E-state index contributed by atoms with van der Waals surface area (Å²) in [5, 5.41) is 13.6. The van der Waals surface area contributed by atoms with Gasteiger partial charge in [-0.05, 0) is 30.7 Å². The average molecular weight is 385 g/mol. The maximum Gasteiger partial charge on any atom is 0.252 e. The number of hydrogen-bond acceptors (Lipinski definition) is 6. The van der Waals surface area contributed by atoms with Gasteiger partial charge in [-0.25, -0.2) is 0 Å². The molecule has 0 fully saturated rings. The predicted octanol–water partition coefficient (Wildman–Crippen LogP) is 1.69. The van der Waals surface area contributed by atoms with Gasteiger partial charge in [0.05, 0.1) is 25.5 Å². The molecular formula is C20H23N3O5. The van der Waals surface area contributed by atoms with E-state index in [0.29, 0.717) is 41.3 Å². The van der Waals surface area contributed by atoms with Crippen LogP contribution in [0.3, 0.4) is 0 Å². The molecule has 2 N–H and O–H groups in total. The Labute approximate surface area is 163 Å². The highest BCUT2D eigenvalue weighted by molar-refractivity contribution is 6.05. The number of fused-ring (bicyclic) bond motifs is 1. The Morgan fingerprint density at radius 2 is 1.93 bits per heavy atom. The number of amides is 2. The number of nitrogens with one attached hydrogen (secondary N) is 1. The Hall–Kier alpha value is -3.13. The number of nitrogens with zero attached hydrogens (tertiary/aromatic N) is 2. The van der Waals surface area contributed by atoms with Crippen LogP contribution < -0.4 is 19.7 Å². The lowest BCUT2D eigenvalue weighted by atomic mass is 9.92. The molecular weight excluding hydrogens is 362 g/mol. The quantitative estimate of drug-likeness (QED) is 0.785. The number of carbonyl (C=O) groups excluding carboxylic acids is 2. The van der Waals surface area contributed by atoms with Crippen molar-refractivity contribution in [1.29, 1.82) is 0 Å². The minimum atomic E-state index is -1.29. The van der Waals surface area contributed by atoms with Gasteiger partial charge >= 0.3 is 0 Å². The van der Waals surface area contributed by atoms with Crippen molar-refractivity contribution in [2.45, 2.75) is 25.5 Å². The van der Waals surface area contributed by atoms with Crippen LogP contribution in [0.15, 0.2) is 36.7 Å². The lowest BCUT2D eigenvalue weighted by Crippen LogP contribution is -2.55. The van der Waals surface area contributed by atoms with Crippen LogP contribution in [0.4, 0.5) is 5.69 Å². The van der Waals surface area contributed by atoms with Crippen molar-refractivity contribution in [3.05, 3.63) is 47.8 Å². The fourth-order valence-corrected chi connectivity index (χ4v) is 3.37. The summed E-state index contributed by atoms with van der Waals surface area (Å²) in [5.74, 6) is -0.0763. The molecule has 0 aliphatic carbocycles. The van der Waals surface area contributed by atoms with E-state index in [-0.39, 0.29) is 5.91 Å². The molecule has 0 saturated heterocycles. The molecule has 8 nitrogen and oxygen atoms in total. The van der Waals surface area contributed by atoms with Gasteiger partial charge in [0, 0.05) is 24.5 Å². The predicted molar refractivity (Wildman–Crippen MR) is 103 cm³/mol. The number of aliphatic hydroxyl groups is 1. The number of benzene rings is 1. The van der Waals surface area contributed by atoms with E-state index in [1.54, 1.807) is 17.0 Å².